The van der Waals surface area contributed by atoms with Crippen LogP contribution in [0.25, 0.3) is 0 Å². The number of carboxylic acid groups (broad SMARTS) is 1. The fourth-order valence-corrected chi connectivity index (χ4v) is 1.84. The third-order valence-corrected chi connectivity index (χ3v) is 3.17. The van der Waals surface area contributed by atoms with Gasteiger partial charge in [-0.1, -0.05) is 15.9 Å². The molecule has 7 nitrogen and oxygen atoms in total. The number of esters is 1. The van der Waals surface area contributed by atoms with E-state index in [4.69, 9.17) is 5.11 Å². The van der Waals surface area contributed by atoms with Crippen LogP contribution in [0.4, 0.5) is 10.5 Å². The van der Waals surface area contributed by atoms with Crippen LogP contribution >= 0.6 is 15.9 Å². The number of carboxylic acids is 1. The summed E-state index contributed by atoms with van der Waals surface area (Å²) >= 11 is 3.17. The fourth-order valence-electron chi connectivity index (χ4n) is 1.48. The molecule has 0 heterocycles. The molecule has 114 valence electrons. The van der Waals surface area contributed by atoms with Crippen molar-refractivity contribution in [2.24, 2.45) is 0 Å². The normalized spacial score (nSPS) is 9.86. The van der Waals surface area contributed by atoms with Crippen molar-refractivity contribution in [1.29, 1.82) is 0 Å². The van der Waals surface area contributed by atoms with E-state index >= 15 is 0 Å². The predicted molar refractivity (Wildman–Crippen MR) is 79.4 cm³/mol. The Morgan fingerprint density at radius 1 is 1.38 bits per heavy atom. The van der Waals surface area contributed by atoms with E-state index in [2.05, 4.69) is 26.0 Å². The molecule has 0 spiro atoms. The lowest BCUT2D eigenvalue weighted by molar-refractivity contribution is -0.140. The van der Waals surface area contributed by atoms with Crippen molar-refractivity contribution < 1.29 is 24.2 Å². The van der Waals surface area contributed by atoms with Crippen LogP contribution in [0.2, 0.25) is 0 Å². The minimum atomic E-state index is -1.15. The predicted octanol–water partition coefficient (Wildman–Crippen LogP) is 2.17. The highest BCUT2D eigenvalue weighted by atomic mass is 79.9. The van der Waals surface area contributed by atoms with E-state index < -0.39 is 18.0 Å². The highest BCUT2D eigenvalue weighted by molar-refractivity contribution is 9.10. The molecule has 0 fully saturated rings. The van der Waals surface area contributed by atoms with E-state index in [0.717, 1.165) is 0 Å². The lowest BCUT2D eigenvalue weighted by atomic mass is 10.2. The van der Waals surface area contributed by atoms with Gasteiger partial charge in [0.1, 0.15) is 0 Å². The van der Waals surface area contributed by atoms with Crippen molar-refractivity contribution in [3.05, 3.63) is 28.2 Å². The summed E-state index contributed by atoms with van der Waals surface area (Å²) in [6.07, 6.45) is 0.0620. The Hall–Kier alpha value is -2.09. The highest BCUT2D eigenvalue weighted by Crippen LogP contribution is 2.21. The summed E-state index contributed by atoms with van der Waals surface area (Å²) < 4.78 is 5.08. The largest absolute Gasteiger partial charge is 0.478 e. The first-order chi connectivity index (χ1) is 9.85. The van der Waals surface area contributed by atoms with Crippen LogP contribution in [0, 0.1) is 0 Å². The summed E-state index contributed by atoms with van der Waals surface area (Å²) in [7, 11) is 2.76. The standard InChI is InChI=1S/C13H15BrN2O5/c1-16(6-5-11(17)21-2)13(20)15-10-4-3-8(14)7-9(10)12(18)19/h3-4,7H,5-6H2,1-2H3,(H,15,20)(H,18,19). The summed E-state index contributed by atoms with van der Waals surface area (Å²) in [5, 5.41) is 11.6. The lowest BCUT2D eigenvalue weighted by Crippen LogP contribution is -2.33. The second kappa shape index (κ2) is 7.63. The Kier molecular flexibility index (Phi) is 6.16. The van der Waals surface area contributed by atoms with Crippen LogP contribution in [0.15, 0.2) is 22.7 Å². The summed E-state index contributed by atoms with van der Waals surface area (Å²) in [5.74, 6) is -1.58. The van der Waals surface area contributed by atoms with Gasteiger partial charge in [-0.05, 0) is 18.2 Å². The second-order valence-corrected chi connectivity index (χ2v) is 5.09. The number of nitrogens with zero attached hydrogens (tertiary/aromatic N) is 1. The molecule has 0 saturated heterocycles. The SMILES string of the molecule is COC(=O)CCN(C)C(=O)Nc1ccc(Br)cc1C(=O)O. The first kappa shape index (κ1) is 17.0. The molecular weight excluding hydrogens is 344 g/mol. The number of hydrogen-bond donors (Lipinski definition) is 2. The maximum atomic E-state index is 11.9. The van der Waals surface area contributed by atoms with Crippen LogP contribution in [0.3, 0.4) is 0 Å². The van der Waals surface area contributed by atoms with Gasteiger partial charge in [-0.25, -0.2) is 9.59 Å². The molecule has 0 bridgehead atoms. The Bertz CT molecular complexity index is 561. The Morgan fingerprint density at radius 3 is 2.62 bits per heavy atom. The first-order valence-corrected chi connectivity index (χ1v) is 6.76. The van der Waals surface area contributed by atoms with Crippen LogP contribution < -0.4 is 5.32 Å². The van der Waals surface area contributed by atoms with Gasteiger partial charge in [-0.2, -0.15) is 0 Å². The molecule has 21 heavy (non-hydrogen) atoms. The number of ether oxygens (including phenoxy) is 1. The average Bonchev–Trinajstić information content (AvgIpc) is 2.45. The van der Waals surface area contributed by atoms with Crippen molar-refractivity contribution in [3.8, 4) is 0 Å². The summed E-state index contributed by atoms with van der Waals surface area (Å²) in [5.41, 5.74) is 0.153. The van der Waals surface area contributed by atoms with Gasteiger partial charge in [0.2, 0.25) is 0 Å². The number of anilines is 1. The number of urea groups is 1. The number of carbonyl (C=O) groups is 3. The van der Waals surface area contributed by atoms with E-state index in [9.17, 15) is 14.4 Å². The maximum absolute atomic E-state index is 11.9. The summed E-state index contributed by atoms with van der Waals surface area (Å²) in [6.45, 7) is 0.164. The Morgan fingerprint density at radius 2 is 2.05 bits per heavy atom. The molecule has 0 aliphatic heterocycles. The molecule has 8 heteroatoms. The van der Waals surface area contributed by atoms with E-state index in [-0.39, 0.29) is 24.2 Å². The van der Waals surface area contributed by atoms with Crippen LogP contribution in [-0.4, -0.2) is 48.7 Å². The maximum Gasteiger partial charge on any atom is 0.337 e. The van der Waals surface area contributed by atoms with Gasteiger partial charge in [-0.3, -0.25) is 4.79 Å². The van der Waals surface area contributed by atoms with Crippen molar-refractivity contribution in [2.75, 3.05) is 26.0 Å². The molecule has 0 unspecified atom stereocenters. The molecule has 0 aromatic heterocycles. The summed E-state index contributed by atoms with van der Waals surface area (Å²) in [4.78, 5) is 35.3. The number of methoxy groups -OCH3 is 1. The van der Waals surface area contributed by atoms with Gasteiger partial charge < -0.3 is 20.1 Å². The highest BCUT2D eigenvalue weighted by Gasteiger charge is 2.16. The van der Waals surface area contributed by atoms with E-state index in [1.54, 1.807) is 6.07 Å². The smallest absolute Gasteiger partial charge is 0.337 e. The molecule has 0 aliphatic carbocycles. The third kappa shape index (κ3) is 5.07. The molecule has 0 aliphatic rings. The quantitative estimate of drug-likeness (QED) is 0.786. The zero-order valence-corrected chi connectivity index (χ0v) is 13.1. The fraction of sp³-hybridized carbons (Fsp3) is 0.308. The van der Waals surface area contributed by atoms with Crippen molar-refractivity contribution in [1.82, 2.24) is 4.90 Å². The van der Waals surface area contributed by atoms with Gasteiger partial charge in [0, 0.05) is 18.1 Å². The van der Waals surface area contributed by atoms with Gasteiger partial charge in [-0.15, -0.1) is 0 Å². The molecule has 0 radical (unpaired) electrons. The molecule has 2 amide bonds. The molecule has 0 saturated carbocycles. The van der Waals surface area contributed by atoms with E-state index in [1.165, 1.54) is 31.2 Å². The van der Waals surface area contributed by atoms with Crippen molar-refractivity contribution in [3.63, 3.8) is 0 Å². The Labute approximate surface area is 130 Å². The molecule has 0 atom stereocenters. The summed E-state index contributed by atoms with van der Waals surface area (Å²) in [6, 6.07) is 3.99. The zero-order valence-electron chi connectivity index (χ0n) is 11.6. The number of hydrogen-bond acceptors (Lipinski definition) is 4. The molecule has 2 N–H and O–H groups in total. The van der Waals surface area contributed by atoms with E-state index in [1.807, 2.05) is 0 Å². The first-order valence-electron chi connectivity index (χ1n) is 5.97. The van der Waals surface area contributed by atoms with Crippen LogP contribution in [0.5, 0.6) is 0 Å². The molecule has 1 rings (SSSR count). The van der Waals surface area contributed by atoms with Crippen molar-refractivity contribution in [2.45, 2.75) is 6.42 Å². The number of amides is 2. The Balaban J connectivity index is 2.74. The molecule has 1 aromatic carbocycles. The number of benzene rings is 1. The molecular formula is C13H15BrN2O5. The van der Waals surface area contributed by atoms with Crippen LogP contribution in [-0.2, 0) is 9.53 Å². The van der Waals surface area contributed by atoms with E-state index in [0.29, 0.717) is 4.47 Å². The van der Waals surface area contributed by atoms with Gasteiger partial charge in [0.25, 0.3) is 0 Å². The monoisotopic (exact) mass is 358 g/mol. The minimum absolute atomic E-state index is 0.0286. The zero-order chi connectivity index (χ0) is 16.0. The molecule has 1 aromatic rings. The van der Waals surface area contributed by atoms with Crippen molar-refractivity contribution >= 4 is 39.6 Å². The number of halogens is 1. The van der Waals surface area contributed by atoms with Crippen LogP contribution in [0.1, 0.15) is 16.8 Å². The van der Waals surface area contributed by atoms with Gasteiger partial charge in [0.05, 0.1) is 24.8 Å². The number of rotatable bonds is 5. The lowest BCUT2D eigenvalue weighted by Gasteiger charge is -2.18. The van der Waals surface area contributed by atoms with Gasteiger partial charge in [0.15, 0.2) is 0 Å². The second-order valence-electron chi connectivity index (χ2n) is 4.17. The number of aromatic carboxylic acids is 1. The average molecular weight is 359 g/mol. The van der Waals surface area contributed by atoms with Gasteiger partial charge >= 0.3 is 18.0 Å². The number of nitrogens with one attached hydrogen (secondary N) is 1. The third-order valence-electron chi connectivity index (χ3n) is 2.68. The minimum Gasteiger partial charge on any atom is -0.478 e. The topological polar surface area (TPSA) is 95.9 Å². The number of carbonyl (C=O) groups excluding carboxylic acids is 2.